The number of nitrogens with zero attached hydrogens (tertiary/aromatic N) is 2. The van der Waals surface area contributed by atoms with Crippen LogP contribution in [0.5, 0.6) is 11.5 Å². The minimum absolute atomic E-state index is 0.0259. The topological polar surface area (TPSA) is 74.0 Å². The molecule has 1 aromatic heterocycles. The Labute approximate surface area is 216 Å². The molecule has 0 N–H and O–H groups in total. The van der Waals surface area contributed by atoms with Gasteiger partial charge in [0.15, 0.2) is 11.7 Å². The quantitative estimate of drug-likeness (QED) is 0.288. The summed E-state index contributed by atoms with van der Waals surface area (Å²) < 4.78 is 22.6. The van der Waals surface area contributed by atoms with E-state index in [2.05, 4.69) is 0 Å². The Morgan fingerprint density at radius 1 is 0.919 bits per heavy atom. The summed E-state index contributed by atoms with van der Waals surface area (Å²) in [7, 11) is 3.29. The Bertz CT molecular complexity index is 1250. The number of aromatic nitrogens is 1. The number of benzene rings is 3. The third-order valence-corrected chi connectivity index (χ3v) is 6.59. The van der Waals surface area contributed by atoms with Crippen LogP contribution in [-0.4, -0.2) is 43.3 Å². The van der Waals surface area contributed by atoms with Crippen LogP contribution in [0, 0.1) is 0 Å². The van der Waals surface area contributed by atoms with Gasteiger partial charge in [-0.1, -0.05) is 30.3 Å². The van der Waals surface area contributed by atoms with Gasteiger partial charge in [-0.2, -0.15) is 0 Å². The molecular weight excluding hydrogens is 468 g/mol. The second-order valence-electron chi connectivity index (χ2n) is 9.01. The maximum absolute atomic E-state index is 12.8. The molecule has 1 atom stereocenters. The number of oxazole rings is 1. The zero-order valence-electron chi connectivity index (χ0n) is 21.1. The third kappa shape index (κ3) is 5.61. The van der Waals surface area contributed by atoms with Crippen molar-refractivity contribution >= 4 is 6.09 Å². The van der Waals surface area contributed by atoms with Gasteiger partial charge in [0, 0.05) is 24.2 Å². The Kier molecular flexibility index (Phi) is 7.40. The Morgan fingerprint density at radius 3 is 2.22 bits per heavy atom. The molecule has 3 aromatic carbocycles. The minimum Gasteiger partial charge on any atom is -0.497 e. The Hall–Kier alpha value is -4.26. The fourth-order valence-corrected chi connectivity index (χ4v) is 4.55. The predicted molar refractivity (Wildman–Crippen MR) is 141 cm³/mol. The van der Waals surface area contributed by atoms with Gasteiger partial charge in [0.2, 0.25) is 0 Å². The molecule has 0 bridgehead atoms. The lowest BCUT2D eigenvalue weighted by molar-refractivity contribution is 0.0840. The Balaban J connectivity index is 1.39. The normalized spacial score (nSPS) is 15.3. The van der Waals surface area contributed by atoms with Crippen molar-refractivity contribution in [1.29, 1.82) is 0 Å². The van der Waals surface area contributed by atoms with Crippen molar-refractivity contribution in [3.8, 4) is 34.1 Å². The van der Waals surface area contributed by atoms with E-state index in [0.29, 0.717) is 24.7 Å². The number of rotatable bonds is 7. The molecule has 0 saturated carbocycles. The summed E-state index contributed by atoms with van der Waals surface area (Å²) in [4.78, 5) is 19.5. The van der Waals surface area contributed by atoms with E-state index in [0.717, 1.165) is 46.7 Å². The van der Waals surface area contributed by atoms with Crippen molar-refractivity contribution in [1.82, 2.24) is 9.88 Å². The van der Waals surface area contributed by atoms with Crippen molar-refractivity contribution in [2.24, 2.45) is 0 Å². The number of hydrogen-bond donors (Lipinski definition) is 0. The summed E-state index contributed by atoms with van der Waals surface area (Å²) >= 11 is 0. The van der Waals surface area contributed by atoms with Gasteiger partial charge in [-0.3, -0.25) is 0 Å². The molecule has 190 valence electrons. The molecule has 0 radical (unpaired) electrons. The standard InChI is InChI=1S/C30H30N2O5/c1-34-25-14-10-22(11-15-25)27-28(23-12-16-26(35-2)17-13-23)37-29(31-27)24-9-6-18-32(19-24)30(33)36-20-21-7-4-3-5-8-21/h3-5,7-8,10-17,24H,6,9,18-20H2,1-2H3. The number of methoxy groups -OCH3 is 2. The van der Waals surface area contributed by atoms with E-state index in [9.17, 15) is 4.79 Å². The van der Waals surface area contributed by atoms with Crippen molar-refractivity contribution in [3.63, 3.8) is 0 Å². The van der Waals surface area contributed by atoms with E-state index in [4.69, 9.17) is 23.6 Å². The molecule has 1 aliphatic rings. The lowest BCUT2D eigenvalue weighted by atomic mass is 9.98. The van der Waals surface area contributed by atoms with E-state index >= 15 is 0 Å². The molecule has 5 rings (SSSR count). The Morgan fingerprint density at radius 2 is 1.57 bits per heavy atom. The molecule has 1 unspecified atom stereocenters. The lowest BCUT2D eigenvalue weighted by Crippen LogP contribution is -2.39. The SMILES string of the molecule is COc1ccc(-c2nc(C3CCCN(C(=O)OCc4ccccc4)C3)oc2-c2ccc(OC)cc2)cc1. The minimum atomic E-state index is -0.314. The summed E-state index contributed by atoms with van der Waals surface area (Å²) in [6.45, 7) is 1.41. The highest BCUT2D eigenvalue weighted by molar-refractivity contribution is 5.77. The second-order valence-corrected chi connectivity index (χ2v) is 9.01. The number of carbonyl (C=O) groups is 1. The first-order valence-electron chi connectivity index (χ1n) is 12.4. The zero-order valence-corrected chi connectivity index (χ0v) is 21.1. The number of likely N-dealkylation sites (tertiary alicyclic amines) is 1. The van der Waals surface area contributed by atoms with Crippen LogP contribution in [0.2, 0.25) is 0 Å². The highest BCUT2D eigenvalue weighted by Crippen LogP contribution is 2.38. The number of piperidine rings is 1. The van der Waals surface area contributed by atoms with Gasteiger partial charge < -0.3 is 23.5 Å². The third-order valence-electron chi connectivity index (χ3n) is 6.59. The summed E-state index contributed by atoms with van der Waals surface area (Å²) in [5.41, 5.74) is 3.55. The van der Waals surface area contributed by atoms with E-state index < -0.39 is 0 Å². The number of carbonyl (C=O) groups excluding carboxylic acids is 1. The van der Waals surface area contributed by atoms with Crippen molar-refractivity contribution in [3.05, 3.63) is 90.3 Å². The monoisotopic (exact) mass is 498 g/mol. The molecule has 4 aromatic rings. The lowest BCUT2D eigenvalue weighted by Gasteiger charge is -2.30. The van der Waals surface area contributed by atoms with Crippen LogP contribution in [0.1, 0.15) is 30.2 Å². The molecular formula is C30H30N2O5. The van der Waals surface area contributed by atoms with E-state index in [1.165, 1.54) is 0 Å². The molecule has 1 fully saturated rings. The van der Waals surface area contributed by atoms with Crippen molar-refractivity contribution < 1.29 is 23.4 Å². The number of amides is 1. The average Bonchev–Trinajstić information content (AvgIpc) is 3.42. The molecule has 0 aliphatic carbocycles. The number of ether oxygens (including phenoxy) is 3. The van der Waals surface area contributed by atoms with Gasteiger partial charge in [-0.15, -0.1) is 0 Å². The first-order valence-corrected chi connectivity index (χ1v) is 12.4. The van der Waals surface area contributed by atoms with Crippen LogP contribution < -0.4 is 9.47 Å². The van der Waals surface area contributed by atoms with Crippen LogP contribution in [0.4, 0.5) is 4.79 Å². The molecule has 1 amide bonds. The second kappa shape index (κ2) is 11.2. The molecule has 7 nitrogen and oxygen atoms in total. The zero-order chi connectivity index (χ0) is 25.6. The molecule has 37 heavy (non-hydrogen) atoms. The summed E-state index contributed by atoms with van der Waals surface area (Å²) in [5, 5.41) is 0. The van der Waals surface area contributed by atoms with Gasteiger partial charge >= 0.3 is 6.09 Å². The van der Waals surface area contributed by atoms with Crippen LogP contribution in [-0.2, 0) is 11.3 Å². The van der Waals surface area contributed by atoms with E-state index in [1.807, 2.05) is 78.9 Å². The largest absolute Gasteiger partial charge is 0.497 e. The van der Waals surface area contributed by atoms with Crippen molar-refractivity contribution in [2.45, 2.75) is 25.4 Å². The highest BCUT2D eigenvalue weighted by atomic mass is 16.6. The number of hydrogen-bond acceptors (Lipinski definition) is 6. The fourth-order valence-electron chi connectivity index (χ4n) is 4.55. The van der Waals surface area contributed by atoms with E-state index in [1.54, 1.807) is 19.1 Å². The first-order chi connectivity index (χ1) is 18.1. The highest BCUT2D eigenvalue weighted by Gasteiger charge is 2.30. The van der Waals surface area contributed by atoms with Crippen LogP contribution >= 0.6 is 0 Å². The molecule has 7 heteroatoms. The van der Waals surface area contributed by atoms with Gasteiger partial charge in [0.1, 0.15) is 23.8 Å². The van der Waals surface area contributed by atoms with E-state index in [-0.39, 0.29) is 18.6 Å². The molecule has 1 aliphatic heterocycles. The predicted octanol–water partition coefficient (Wildman–Crippen LogP) is 6.54. The first kappa shape index (κ1) is 24.4. The smallest absolute Gasteiger partial charge is 0.410 e. The van der Waals surface area contributed by atoms with Crippen LogP contribution in [0.25, 0.3) is 22.6 Å². The van der Waals surface area contributed by atoms with Gasteiger partial charge in [0.05, 0.1) is 20.1 Å². The molecule has 1 saturated heterocycles. The summed E-state index contributed by atoms with van der Waals surface area (Å²) in [5.74, 6) is 2.83. The van der Waals surface area contributed by atoms with Crippen molar-refractivity contribution in [2.75, 3.05) is 27.3 Å². The maximum Gasteiger partial charge on any atom is 0.410 e. The molecule has 2 heterocycles. The van der Waals surface area contributed by atoms with Crippen LogP contribution in [0.3, 0.4) is 0 Å². The summed E-state index contributed by atoms with van der Waals surface area (Å²) in [6.07, 6.45) is 1.42. The van der Waals surface area contributed by atoms with Crippen LogP contribution in [0.15, 0.2) is 83.3 Å². The maximum atomic E-state index is 12.8. The molecule has 0 spiro atoms. The fraction of sp³-hybridized carbons (Fsp3) is 0.267. The van der Waals surface area contributed by atoms with Gasteiger partial charge in [-0.05, 0) is 66.9 Å². The van der Waals surface area contributed by atoms with Gasteiger partial charge in [-0.25, -0.2) is 9.78 Å². The van der Waals surface area contributed by atoms with Gasteiger partial charge in [0.25, 0.3) is 0 Å². The summed E-state index contributed by atoms with van der Waals surface area (Å²) in [6, 6.07) is 25.2. The average molecular weight is 499 g/mol.